The Morgan fingerprint density at radius 1 is 0.963 bits per heavy atom. The normalized spacial score (nSPS) is 14.0. The zero-order chi connectivity index (χ0) is 20.1. The van der Waals surface area contributed by atoms with Crippen LogP contribution in [-0.2, 0) is 19.1 Å². The second kappa shape index (κ2) is 13.1. The van der Waals surface area contributed by atoms with Crippen LogP contribution in [0.4, 0.5) is 0 Å². The molecule has 1 aromatic rings. The lowest BCUT2D eigenvalue weighted by Gasteiger charge is -2.22. The topological polar surface area (TPSA) is 60.4 Å². The third-order valence-corrected chi connectivity index (χ3v) is 6.39. The molecule has 0 aliphatic heterocycles. The lowest BCUT2D eigenvalue weighted by molar-refractivity contribution is -0.109. The highest BCUT2D eigenvalue weighted by molar-refractivity contribution is 7.86. The van der Waals surface area contributed by atoms with E-state index in [2.05, 4.69) is 6.92 Å². The van der Waals surface area contributed by atoms with Crippen LogP contribution in [0.1, 0.15) is 83.6 Å². The van der Waals surface area contributed by atoms with E-state index in [0.29, 0.717) is 0 Å². The Bertz CT molecular complexity index is 622. The van der Waals surface area contributed by atoms with Crippen molar-refractivity contribution < 1.29 is 17.4 Å². The third kappa shape index (κ3) is 9.52. The number of rotatable bonds is 15. The van der Waals surface area contributed by atoms with Crippen LogP contribution in [0.2, 0.25) is 0 Å². The summed E-state index contributed by atoms with van der Waals surface area (Å²) in [4.78, 5) is 11.2. The molecule has 4 nitrogen and oxygen atoms in total. The summed E-state index contributed by atoms with van der Waals surface area (Å²) in [6.07, 6.45) is 11.0. The summed E-state index contributed by atoms with van der Waals surface area (Å²) in [6.45, 7) is 6.09. The Balaban J connectivity index is 2.47. The number of carbonyl (C=O) groups is 1. The molecule has 0 fully saturated rings. The van der Waals surface area contributed by atoms with Gasteiger partial charge in [-0.3, -0.25) is 4.18 Å². The van der Waals surface area contributed by atoms with Gasteiger partial charge in [0.25, 0.3) is 10.1 Å². The highest BCUT2D eigenvalue weighted by Crippen LogP contribution is 2.24. The number of aldehydes is 1. The Morgan fingerprint density at radius 2 is 1.52 bits per heavy atom. The standard InChI is InChI=1S/C22H36O4S/c1-4-5-6-7-8-9-10-11-12-20(3)22(17-18-23)26-27(24,25)21-15-13-19(2)14-16-21/h13-16,18,20,22H,4-12,17H2,1-3H3. The monoisotopic (exact) mass is 396 g/mol. The molecule has 1 aromatic carbocycles. The van der Waals surface area contributed by atoms with Crippen LogP contribution in [0.15, 0.2) is 29.2 Å². The van der Waals surface area contributed by atoms with Gasteiger partial charge in [0.2, 0.25) is 0 Å². The van der Waals surface area contributed by atoms with Crippen molar-refractivity contribution in [1.29, 1.82) is 0 Å². The minimum atomic E-state index is -3.85. The van der Waals surface area contributed by atoms with Crippen LogP contribution in [-0.4, -0.2) is 20.8 Å². The molecule has 1 rings (SSSR count). The Labute approximate surface area is 165 Å². The molecule has 0 amide bonds. The van der Waals surface area contributed by atoms with Crippen molar-refractivity contribution in [3.63, 3.8) is 0 Å². The number of unbranched alkanes of at least 4 members (excludes halogenated alkanes) is 7. The van der Waals surface area contributed by atoms with Crippen LogP contribution in [0.25, 0.3) is 0 Å². The fourth-order valence-electron chi connectivity index (χ4n) is 3.17. The zero-order valence-electron chi connectivity index (χ0n) is 17.2. The number of carbonyl (C=O) groups excluding carboxylic acids is 1. The average molecular weight is 397 g/mol. The first-order valence-electron chi connectivity index (χ1n) is 10.3. The highest BCUT2D eigenvalue weighted by atomic mass is 32.2. The molecular weight excluding hydrogens is 360 g/mol. The quantitative estimate of drug-likeness (QED) is 0.213. The van der Waals surface area contributed by atoms with Gasteiger partial charge in [-0.25, -0.2) is 0 Å². The maximum Gasteiger partial charge on any atom is 0.297 e. The first-order valence-corrected chi connectivity index (χ1v) is 11.7. The van der Waals surface area contributed by atoms with Crippen molar-refractivity contribution in [2.45, 2.75) is 96.0 Å². The van der Waals surface area contributed by atoms with E-state index in [4.69, 9.17) is 4.18 Å². The minimum Gasteiger partial charge on any atom is -0.303 e. The molecule has 0 saturated carbocycles. The molecule has 27 heavy (non-hydrogen) atoms. The first-order chi connectivity index (χ1) is 12.9. The molecule has 0 aliphatic carbocycles. The summed E-state index contributed by atoms with van der Waals surface area (Å²) in [6, 6.07) is 6.58. The molecule has 0 saturated heterocycles. The summed E-state index contributed by atoms with van der Waals surface area (Å²) < 4.78 is 30.4. The van der Waals surface area contributed by atoms with Gasteiger partial charge in [0.15, 0.2) is 0 Å². The van der Waals surface area contributed by atoms with Crippen molar-refractivity contribution in [2.75, 3.05) is 0 Å². The third-order valence-electron chi connectivity index (χ3n) is 5.04. The van der Waals surface area contributed by atoms with E-state index in [0.717, 1.165) is 31.1 Å². The van der Waals surface area contributed by atoms with Crippen LogP contribution < -0.4 is 0 Å². The van der Waals surface area contributed by atoms with Crippen molar-refractivity contribution in [3.05, 3.63) is 29.8 Å². The number of hydrogen-bond acceptors (Lipinski definition) is 4. The van der Waals surface area contributed by atoms with Crippen molar-refractivity contribution in [1.82, 2.24) is 0 Å². The lowest BCUT2D eigenvalue weighted by atomic mass is 9.95. The van der Waals surface area contributed by atoms with Gasteiger partial charge < -0.3 is 4.79 Å². The fraction of sp³-hybridized carbons (Fsp3) is 0.682. The van der Waals surface area contributed by atoms with Gasteiger partial charge in [-0.1, -0.05) is 82.9 Å². The predicted molar refractivity (Wildman–Crippen MR) is 110 cm³/mol. The molecule has 2 atom stereocenters. The summed E-state index contributed by atoms with van der Waals surface area (Å²) in [7, 11) is -3.85. The fourth-order valence-corrected chi connectivity index (χ4v) is 4.34. The van der Waals surface area contributed by atoms with Gasteiger partial charge in [-0.15, -0.1) is 0 Å². The molecule has 2 unspecified atom stereocenters. The van der Waals surface area contributed by atoms with Gasteiger partial charge in [-0.2, -0.15) is 8.42 Å². The van der Waals surface area contributed by atoms with Crippen molar-refractivity contribution in [3.8, 4) is 0 Å². The van der Waals surface area contributed by atoms with Crippen molar-refractivity contribution in [2.24, 2.45) is 5.92 Å². The van der Waals surface area contributed by atoms with Gasteiger partial charge in [-0.05, 0) is 31.4 Å². The maximum atomic E-state index is 12.5. The smallest absolute Gasteiger partial charge is 0.297 e. The molecule has 0 aliphatic rings. The Morgan fingerprint density at radius 3 is 2.07 bits per heavy atom. The molecule has 0 aromatic heterocycles. The lowest BCUT2D eigenvalue weighted by Crippen LogP contribution is -2.26. The number of aryl methyl sites for hydroxylation is 1. The molecule has 0 N–H and O–H groups in total. The van der Waals surface area contributed by atoms with E-state index < -0.39 is 16.2 Å². The van der Waals surface area contributed by atoms with Crippen molar-refractivity contribution >= 4 is 16.4 Å². The summed E-state index contributed by atoms with van der Waals surface area (Å²) in [5, 5.41) is 0. The van der Waals surface area contributed by atoms with Gasteiger partial charge in [0, 0.05) is 6.42 Å². The molecule has 0 radical (unpaired) electrons. The van der Waals surface area contributed by atoms with Gasteiger partial charge in [0.05, 0.1) is 11.0 Å². The summed E-state index contributed by atoms with van der Waals surface area (Å²) >= 11 is 0. The largest absolute Gasteiger partial charge is 0.303 e. The molecule has 0 heterocycles. The molecular formula is C22H36O4S. The number of hydrogen-bond donors (Lipinski definition) is 0. The van der Waals surface area contributed by atoms with E-state index in [9.17, 15) is 13.2 Å². The van der Waals surface area contributed by atoms with Crippen LogP contribution >= 0.6 is 0 Å². The summed E-state index contributed by atoms with van der Waals surface area (Å²) in [5.74, 6) is 0.0236. The zero-order valence-corrected chi connectivity index (χ0v) is 18.0. The van der Waals surface area contributed by atoms with E-state index >= 15 is 0 Å². The van der Waals surface area contributed by atoms with E-state index in [1.54, 1.807) is 24.3 Å². The van der Waals surface area contributed by atoms with Crippen LogP contribution in [0.3, 0.4) is 0 Å². The second-order valence-corrected chi connectivity index (χ2v) is 9.12. The van der Waals surface area contributed by atoms with Crippen LogP contribution in [0.5, 0.6) is 0 Å². The van der Waals surface area contributed by atoms with Crippen LogP contribution in [0, 0.1) is 12.8 Å². The SMILES string of the molecule is CCCCCCCCCCC(C)C(CC=O)OS(=O)(=O)c1ccc(C)cc1. The van der Waals surface area contributed by atoms with E-state index in [1.165, 1.54) is 38.5 Å². The molecule has 0 bridgehead atoms. The highest BCUT2D eigenvalue weighted by Gasteiger charge is 2.25. The Hall–Kier alpha value is -1.20. The molecule has 0 spiro atoms. The average Bonchev–Trinajstić information content (AvgIpc) is 2.63. The summed E-state index contributed by atoms with van der Waals surface area (Å²) in [5.41, 5.74) is 0.987. The predicted octanol–water partition coefficient (Wildman–Crippen LogP) is 5.82. The maximum absolute atomic E-state index is 12.5. The minimum absolute atomic E-state index is 0.0236. The van der Waals surface area contributed by atoms with Gasteiger partial charge in [0.1, 0.15) is 6.29 Å². The number of benzene rings is 1. The van der Waals surface area contributed by atoms with E-state index in [1.807, 2.05) is 13.8 Å². The first kappa shape index (κ1) is 23.8. The molecule has 5 heteroatoms. The second-order valence-electron chi connectivity index (χ2n) is 7.55. The van der Waals surface area contributed by atoms with Gasteiger partial charge >= 0.3 is 0 Å². The Kier molecular flexibility index (Phi) is 11.5. The van der Waals surface area contributed by atoms with E-state index in [-0.39, 0.29) is 17.2 Å². The molecule has 154 valence electrons.